The van der Waals surface area contributed by atoms with E-state index in [2.05, 4.69) is 34.6 Å². The van der Waals surface area contributed by atoms with E-state index in [1.54, 1.807) is 0 Å². The van der Waals surface area contributed by atoms with Gasteiger partial charge in [-0.05, 0) is 17.8 Å². The zero-order chi connectivity index (χ0) is 26.5. The second kappa shape index (κ2) is 29.6. The van der Waals surface area contributed by atoms with Gasteiger partial charge in [0.15, 0.2) is 0 Å². The van der Waals surface area contributed by atoms with Crippen molar-refractivity contribution in [2.45, 2.75) is 214 Å². The maximum absolute atomic E-state index is 2.51. The standard InChI is InChI=1S/C36H74/c1-6-8-10-12-14-16-20-24-28-34(3)29-25-21-17-15-18-22-26-31-36(5)33-27-32-35(4)30-23-19-13-11-9-7-2/h34-36H,6-33H2,1-5H3. The third-order valence-electron chi connectivity index (χ3n) is 8.89. The predicted molar refractivity (Wildman–Crippen MR) is 168 cm³/mol. The highest BCUT2D eigenvalue weighted by Crippen LogP contribution is 2.22. The fraction of sp³-hybridized carbons (Fsp3) is 1.00. The minimum Gasteiger partial charge on any atom is -0.0654 e. The quantitative estimate of drug-likeness (QED) is 0.0849. The second-order valence-electron chi connectivity index (χ2n) is 13.1. The zero-order valence-electron chi connectivity index (χ0n) is 26.5. The molecule has 36 heavy (non-hydrogen) atoms. The van der Waals surface area contributed by atoms with E-state index in [1.165, 1.54) is 180 Å². The van der Waals surface area contributed by atoms with Gasteiger partial charge >= 0.3 is 0 Å². The third kappa shape index (κ3) is 28.6. The molecule has 0 aliphatic carbocycles. The van der Waals surface area contributed by atoms with Crippen LogP contribution in [0, 0.1) is 17.8 Å². The topological polar surface area (TPSA) is 0 Å². The summed E-state index contributed by atoms with van der Waals surface area (Å²) in [7, 11) is 0. The van der Waals surface area contributed by atoms with Crippen LogP contribution in [-0.2, 0) is 0 Å². The van der Waals surface area contributed by atoms with Crippen LogP contribution in [0.15, 0.2) is 0 Å². The van der Waals surface area contributed by atoms with E-state index in [4.69, 9.17) is 0 Å². The summed E-state index contributed by atoms with van der Waals surface area (Å²) in [6, 6.07) is 0. The van der Waals surface area contributed by atoms with Gasteiger partial charge in [-0.15, -0.1) is 0 Å². The van der Waals surface area contributed by atoms with Gasteiger partial charge in [-0.1, -0.05) is 214 Å². The first kappa shape index (κ1) is 36.0. The van der Waals surface area contributed by atoms with Crippen molar-refractivity contribution < 1.29 is 0 Å². The lowest BCUT2D eigenvalue weighted by atomic mass is 9.92. The smallest absolute Gasteiger partial charge is 0.0443 e. The lowest BCUT2D eigenvalue weighted by Crippen LogP contribution is -1.99. The minimum absolute atomic E-state index is 0.953. The van der Waals surface area contributed by atoms with Crippen LogP contribution in [0.3, 0.4) is 0 Å². The first-order valence-corrected chi connectivity index (χ1v) is 17.6. The van der Waals surface area contributed by atoms with Gasteiger partial charge in [0.2, 0.25) is 0 Å². The lowest BCUT2D eigenvalue weighted by molar-refractivity contribution is 0.390. The minimum atomic E-state index is 0.953. The van der Waals surface area contributed by atoms with E-state index >= 15 is 0 Å². The maximum Gasteiger partial charge on any atom is -0.0443 e. The van der Waals surface area contributed by atoms with Crippen LogP contribution >= 0.6 is 0 Å². The summed E-state index contributed by atoms with van der Waals surface area (Å²) >= 11 is 0. The number of rotatable bonds is 30. The Morgan fingerprint density at radius 2 is 0.444 bits per heavy atom. The first-order chi connectivity index (χ1) is 17.6. The molecule has 0 aromatic heterocycles. The molecular formula is C36H74. The maximum atomic E-state index is 2.51. The fourth-order valence-corrected chi connectivity index (χ4v) is 6.02. The number of hydrogen-bond acceptors (Lipinski definition) is 0. The molecule has 0 aromatic rings. The molecule has 0 rings (SSSR count). The Labute approximate surface area is 232 Å². The summed E-state index contributed by atoms with van der Waals surface area (Å²) < 4.78 is 0. The van der Waals surface area contributed by atoms with Crippen molar-refractivity contribution in [3.05, 3.63) is 0 Å². The van der Waals surface area contributed by atoms with Crippen molar-refractivity contribution in [3.63, 3.8) is 0 Å². The van der Waals surface area contributed by atoms with Gasteiger partial charge in [0.05, 0.1) is 0 Å². The molecule has 218 valence electrons. The Balaban J connectivity index is 3.32. The molecule has 0 nitrogen and oxygen atoms in total. The average Bonchev–Trinajstić information content (AvgIpc) is 2.86. The summed E-state index contributed by atoms with van der Waals surface area (Å²) in [6.07, 6.45) is 41.0. The van der Waals surface area contributed by atoms with Crippen molar-refractivity contribution in [2.75, 3.05) is 0 Å². The van der Waals surface area contributed by atoms with Crippen LogP contribution in [0.1, 0.15) is 214 Å². The summed E-state index contributed by atoms with van der Waals surface area (Å²) in [5.41, 5.74) is 0. The van der Waals surface area contributed by atoms with E-state index in [-0.39, 0.29) is 0 Å². The van der Waals surface area contributed by atoms with Crippen molar-refractivity contribution in [1.82, 2.24) is 0 Å². The molecule has 0 radical (unpaired) electrons. The Morgan fingerprint density at radius 1 is 0.250 bits per heavy atom. The molecule has 3 atom stereocenters. The predicted octanol–water partition coefficient (Wildman–Crippen LogP) is 13.9. The molecule has 0 aliphatic rings. The lowest BCUT2D eigenvalue weighted by Gasteiger charge is -2.14. The molecule has 0 spiro atoms. The van der Waals surface area contributed by atoms with Crippen molar-refractivity contribution >= 4 is 0 Å². The normalized spacial score (nSPS) is 14.2. The van der Waals surface area contributed by atoms with Crippen LogP contribution in [0.5, 0.6) is 0 Å². The molecule has 0 N–H and O–H groups in total. The van der Waals surface area contributed by atoms with Crippen LogP contribution in [-0.4, -0.2) is 0 Å². The Kier molecular flexibility index (Phi) is 29.6. The molecule has 0 fully saturated rings. The van der Waals surface area contributed by atoms with E-state index < -0.39 is 0 Å². The third-order valence-corrected chi connectivity index (χ3v) is 8.89. The highest BCUT2D eigenvalue weighted by atomic mass is 14.1. The van der Waals surface area contributed by atoms with Gasteiger partial charge in [0.25, 0.3) is 0 Å². The van der Waals surface area contributed by atoms with E-state index in [0.717, 1.165) is 17.8 Å². The van der Waals surface area contributed by atoms with Crippen LogP contribution in [0.25, 0.3) is 0 Å². The number of hydrogen-bond donors (Lipinski definition) is 0. The summed E-state index contributed by atoms with van der Waals surface area (Å²) in [6.45, 7) is 12.1. The fourth-order valence-electron chi connectivity index (χ4n) is 6.02. The van der Waals surface area contributed by atoms with Crippen LogP contribution in [0.4, 0.5) is 0 Å². The molecular weight excluding hydrogens is 432 g/mol. The molecule has 0 saturated heterocycles. The highest BCUT2D eigenvalue weighted by Gasteiger charge is 2.06. The highest BCUT2D eigenvalue weighted by molar-refractivity contribution is 4.60. The summed E-state index contributed by atoms with van der Waals surface area (Å²) in [5.74, 6) is 2.87. The summed E-state index contributed by atoms with van der Waals surface area (Å²) in [4.78, 5) is 0. The van der Waals surface area contributed by atoms with Gasteiger partial charge in [-0.2, -0.15) is 0 Å². The van der Waals surface area contributed by atoms with Crippen molar-refractivity contribution in [1.29, 1.82) is 0 Å². The van der Waals surface area contributed by atoms with Crippen LogP contribution < -0.4 is 0 Å². The van der Waals surface area contributed by atoms with E-state index in [0.29, 0.717) is 0 Å². The average molecular weight is 507 g/mol. The molecule has 0 aliphatic heterocycles. The van der Waals surface area contributed by atoms with Gasteiger partial charge in [-0.25, -0.2) is 0 Å². The van der Waals surface area contributed by atoms with Crippen molar-refractivity contribution in [2.24, 2.45) is 17.8 Å². The zero-order valence-corrected chi connectivity index (χ0v) is 26.5. The van der Waals surface area contributed by atoms with Crippen molar-refractivity contribution in [3.8, 4) is 0 Å². The molecule has 0 heterocycles. The van der Waals surface area contributed by atoms with Gasteiger partial charge in [0, 0.05) is 0 Å². The van der Waals surface area contributed by atoms with Crippen LogP contribution in [0.2, 0.25) is 0 Å². The molecule has 3 unspecified atom stereocenters. The Hall–Kier alpha value is 0. The SMILES string of the molecule is CCCCCCCCCCC(C)CCCCCCCCCC(C)CCCC(C)CCCCCCCC. The van der Waals surface area contributed by atoms with E-state index in [9.17, 15) is 0 Å². The number of unbranched alkanes of at least 4 members (excludes halogenated alkanes) is 18. The van der Waals surface area contributed by atoms with Gasteiger partial charge in [-0.3, -0.25) is 0 Å². The van der Waals surface area contributed by atoms with Gasteiger partial charge < -0.3 is 0 Å². The Bertz CT molecular complexity index is 385. The monoisotopic (exact) mass is 507 g/mol. The Morgan fingerprint density at radius 3 is 0.694 bits per heavy atom. The molecule has 0 bridgehead atoms. The molecule has 0 heteroatoms. The molecule has 0 amide bonds. The molecule has 0 aromatic carbocycles. The first-order valence-electron chi connectivity index (χ1n) is 17.6. The largest absolute Gasteiger partial charge is 0.0654 e. The molecule has 0 saturated carbocycles. The van der Waals surface area contributed by atoms with E-state index in [1.807, 2.05) is 0 Å². The summed E-state index contributed by atoms with van der Waals surface area (Å²) in [5, 5.41) is 0. The van der Waals surface area contributed by atoms with Gasteiger partial charge in [0.1, 0.15) is 0 Å². The second-order valence-corrected chi connectivity index (χ2v) is 13.1.